The monoisotopic (exact) mass is 348 g/mol. The van der Waals surface area contributed by atoms with E-state index in [4.69, 9.17) is 28.9 Å². The Bertz CT molecular complexity index is 732. The Morgan fingerprint density at radius 1 is 1.43 bits per heavy atom. The Balaban J connectivity index is 2.38. The lowest BCUT2D eigenvalue weighted by molar-refractivity contribution is 0.561. The molecular weight excluding hydrogens is 335 g/mol. The number of nitrogens with two attached hydrogens (primary N) is 1. The van der Waals surface area contributed by atoms with Gasteiger partial charge in [0.05, 0.1) is 11.1 Å². The number of halogens is 2. The van der Waals surface area contributed by atoms with Crippen LogP contribution in [0, 0.1) is 0 Å². The maximum atomic E-state index is 12.4. The van der Waals surface area contributed by atoms with Crippen LogP contribution in [0.15, 0.2) is 29.4 Å². The first-order chi connectivity index (χ1) is 9.85. The van der Waals surface area contributed by atoms with E-state index in [1.807, 2.05) is 0 Å². The van der Waals surface area contributed by atoms with E-state index in [0.29, 0.717) is 11.4 Å². The molecule has 1 aromatic carbocycles. The third-order valence-corrected chi connectivity index (χ3v) is 5.19. The maximum Gasteiger partial charge on any atom is 0.242 e. The van der Waals surface area contributed by atoms with Crippen LogP contribution in [0.25, 0.3) is 0 Å². The molecule has 0 aliphatic heterocycles. The van der Waals surface area contributed by atoms with E-state index in [0.717, 1.165) is 0 Å². The summed E-state index contributed by atoms with van der Waals surface area (Å²) in [6, 6.07) is 2.29. The standard InChI is InChI=1S/C12H14Cl2N4O2S/c1-7(12-16-2-3-17-12)18-21(19,20)10-5-9(13)4-8(6-15)11(10)14/h2-5,7,18H,6,15H2,1H3,(H,16,17). The van der Waals surface area contributed by atoms with E-state index < -0.39 is 16.1 Å². The average Bonchev–Trinajstić information content (AvgIpc) is 2.94. The molecule has 0 aliphatic rings. The van der Waals surface area contributed by atoms with Crippen molar-refractivity contribution < 1.29 is 8.42 Å². The molecule has 1 aromatic heterocycles. The van der Waals surface area contributed by atoms with Gasteiger partial charge in [-0.3, -0.25) is 0 Å². The quantitative estimate of drug-likeness (QED) is 0.770. The number of nitrogens with one attached hydrogen (secondary N) is 2. The van der Waals surface area contributed by atoms with Gasteiger partial charge in [-0.05, 0) is 24.6 Å². The second-order valence-corrected chi connectivity index (χ2v) is 6.90. The van der Waals surface area contributed by atoms with E-state index in [9.17, 15) is 8.42 Å². The lowest BCUT2D eigenvalue weighted by Crippen LogP contribution is -2.28. The summed E-state index contributed by atoms with van der Waals surface area (Å²) in [5, 5.41) is 0.326. The van der Waals surface area contributed by atoms with Crippen LogP contribution in [-0.2, 0) is 16.6 Å². The normalized spacial score (nSPS) is 13.3. The number of hydrogen-bond acceptors (Lipinski definition) is 4. The van der Waals surface area contributed by atoms with Gasteiger partial charge in [-0.2, -0.15) is 0 Å². The van der Waals surface area contributed by atoms with E-state index in [-0.39, 0.29) is 21.5 Å². The van der Waals surface area contributed by atoms with Crippen molar-refractivity contribution in [3.8, 4) is 0 Å². The zero-order chi connectivity index (χ0) is 15.6. The molecular formula is C12H14Cl2N4O2S. The van der Waals surface area contributed by atoms with Gasteiger partial charge in [0.15, 0.2) is 0 Å². The highest BCUT2D eigenvalue weighted by molar-refractivity contribution is 7.89. The molecule has 2 aromatic rings. The van der Waals surface area contributed by atoms with Crippen molar-refractivity contribution in [3.63, 3.8) is 0 Å². The first-order valence-electron chi connectivity index (χ1n) is 6.04. The minimum atomic E-state index is -3.85. The number of nitrogens with zero attached hydrogens (tertiary/aromatic N) is 1. The topological polar surface area (TPSA) is 101 Å². The SMILES string of the molecule is CC(NS(=O)(=O)c1cc(Cl)cc(CN)c1Cl)c1ncc[nH]1. The second kappa shape index (κ2) is 6.33. The van der Waals surface area contributed by atoms with Crippen LogP contribution in [0.3, 0.4) is 0 Å². The number of rotatable bonds is 5. The van der Waals surface area contributed by atoms with Crippen LogP contribution in [0.5, 0.6) is 0 Å². The number of H-pyrrole nitrogens is 1. The maximum absolute atomic E-state index is 12.4. The molecule has 0 radical (unpaired) electrons. The first kappa shape index (κ1) is 16.3. The van der Waals surface area contributed by atoms with Crippen molar-refractivity contribution in [1.29, 1.82) is 0 Å². The number of benzene rings is 1. The van der Waals surface area contributed by atoms with E-state index >= 15 is 0 Å². The number of hydrogen-bond donors (Lipinski definition) is 3. The number of sulfonamides is 1. The fourth-order valence-electron chi connectivity index (χ4n) is 1.83. The molecule has 9 heteroatoms. The van der Waals surface area contributed by atoms with E-state index in [1.165, 1.54) is 6.07 Å². The van der Waals surface area contributed by atoms with Gasteiger partial charge in [0.2, 0.25) is 10.0 Å². The lowest BCUT2D eigenvalue weighted by Gasteiger charge is -2.15. The molecule has 1 unspecified atom stereocenters. The zero-order valence-corrected chi connectivity index (χ0v) is 13.4. The highest BCUT2D eigenvalue weighted by Crippen LogP contribution is 2.30. The third kappa shape index (κ3) is 3.56. The minimum absolute atomic E-state index is 0.0704. The van der Waals surface area contributed by atoms with E-state index in [2.05, 4.69) is 14.7 Å². The molecule has 0 saturated heterocycles. The molecule has 21 heavy (non-hydrogen) atoms. The molecule has 0 amide bonds. The summed E-state index contributed by atoms with van der Waals surface area (Å²) in [4.78, 5) is 6.75. The molecule has 1 heterocycles. The van der Waals surface area contributed by atoms with Crippen molar-refractivity contribution in [2.75, 3.05) is 0 Å². The summed E-state index contributed by atoms with van der Waals surface area (Å²) in [5.41, 5.74) is 6.00. The van der Waals surface area contributed by atoms with E-state index in [1.54, 1.807) is 25.4 Å². The Hall–Kier alpha value is -1.12. The Labute approximate surface area is 132 Å². The van der Waals surface area contributed by atoms with Gasteiger partial charge in [0.25, 0.3) is 0 Å². The molecule has 6 nitrogen and oxygen atoms in total. The predicted octanol–water partition coefficient (Wildman–Crippen LogP) is 2.21. The Morgan fingerprint density at radius 3 is 2.71 bits per heavy atom. The van der Waals surface area contributed by atoms with Crippen LogP contribution >= 0.6 is 23.2 Å². The van der Waals surface area contributed by atoms with Crippen LogP contribution < -0.4 is 10.5 Å². The van der Waals surface area contributed by atoms with Gasteiger partial charge in [0, 0.05) is 24.0 Å². The third-order valence-electron chi connectivity index (χ3n) is 2.85. The van der Waals surface area contributed by atoms with Crippen molar-refractivity contribution in [2.24, 2.45) is 5.73 Å². The van der Waals surface area contributed by atoms with Crippen molar-refractivity contribution in [1.82, 2.24) is 14.7 Å². The molecule has 0 fully saturated rings. The molecule has 0 spiro atoms. The Morgan fingerprint density at radius 2 is 2.14 bits per heavy atom. The first-order valence-corrected chi connectivity index (χ1v) is 8.28. The van der Waals surface area contributed by atoms with Crippen LogP contribution in [0.2, 0.25) is 10.0 Å². The lowest BCUT2D eigenvalue weighted by atomic mass is 10.2. The van der Waals surface area contributed by atoms with Crippen LogP contribution in [0.4, 0.5) is 0 Å². The summed E-state index contributed by atoms with van der Waals surface area (Å²) in [7, 11) is -3.85. The highest BCUT2D eigenvalue weighted by atomic mass is 35.5. The second-order valence-electron chi connectivity index (χ2n) is 4.40. The highest BCUT2D eigenvalue weighted by Gasteiger charge is 2.24. The molecule has 1 atom stereocenters. The number of aromatic amines is 1. The summed E-state index contributed by atoms with van der Waals surface area (Å²) >= 11 is 12.0. The largest absolute Gasteiger partial charge is 0.347 e. The smallest absolute Gasteiger partial charge is 0.242 e. The van der Waals surface area contributed by atoms with Crippen LogP contribution in [-0.4, -0.2) is 18.4 Å². The molecule has 0 aliphatic carbocycles. The van der Waals surface area contributed by atoms with Crippen molar-refractivity contribution in [3.05, 3.63) is 46.0 Å². The molecule has 4 N–H and O–H groups in total. The zero-order valence-electron chi connectivity index (χ0n) is 11.1. The molecule has 0 saturated carbocycles. The summed E-state index contributed by atoms with van der Waals surface area (Å²) in [5.74, 6) is 0.496. The molecule has 2 rings (SSSR count). The van der Waals surface area contributed by atoms with Gasteiger partial charge in [-0.1, -0.05) is 23.2 Å². The van der Waals surface area contributed by atoms with Crippen molar-refractivity contribution in [2.45, 2.75) is 24.4 Å². The van der Waals surface area contributed by atoms with Gasteiger partial charge in [0.1, 0.15) is 10.7 Å². The minimum Gasteiger partial charge on any atom is -0.347 e. The summed E-state index contributed by atoms with van der Waals surface area (Å²) in [6.45, 7) is 1.76. The number of aromatic nitrogens is 2. The summed E-state index contributed by atoms with van der Waals surface area (Å²) < 4.78 is 27.4. The Kier molecular flexibility index (Phi) is 4.90. The summed E-state index contributed by atoms with van der Waals surface area (Å²) in [6.07, 6.45) is 3.15. The fourth-order valence-corrected chi connectivity index (χ4v) is 3.98. The average molecular weight is 349 g/mol. The van der Waals surface area contributed by atoms with Gasteiger partial charge >= 0.3 is 0 Å². The van der Waals surface area contributed by atoms with Gasteiger partial charge in [-0.25, -0.2) is 18.1 Å². The predicted molar refractivity (Wildman–Crippen MR) is 81.7 cm³/mol. The van der Waals surface area contributed by atoms with Crippen molar-refractivity contribution >= 4 is 33.2 Å². The van der Waals surface area contributed by atoms with Crippen LogP contribution in [0.1, 0.15) is 24.4 Å². The van der Waals surface area contributed by atoms with Gasteiger partial charge < -0.3 is 10.7 Å². The molecule has 114 valence electrons. The number of imidazole rings is 1. The fraction of sp³-hybridized carbons (Fsp3) is 0.250. The van der Waals surface area contributed by atoms with Gasteiger partial charge in [-0.15, -0.1) is 0 Å². The molecule has 0 bridgehead atoms.